The van der Waals surface area contributed by atoms with Gasteiger partial charge in [-0.15, -0.1) is 0 Å². The van der Waals surface area contributed by atoms with Gasteiger partial charge in [0.05, 0.1) is 0 Å². The second-order valence-electron chi connectivity index (χ2n) is 8.60. The fourth-order valence-corrected chi connectivity index (χ4v) is 4.33. The van der Waals surface area contributed by atoms with Gasteiger partial charge in [-0.25, -0.2) is 4.39 Å². The fourth-order valence-electron chi connectivity index (χ4n) is 4.33. The van der Waals surface area contributed by atoms with Gasteiger partial charge in [-0.3, -0.25) is 0 Å². The Morgan fingerprint density at radius 2 is 1.42 bits per heavy atom. The molecule has 0 aromatic heterocycles. The maximum Gasteiger partial charge on any atom is 0.127 e. The molecule has 1 saturated heterocycles. The number of halogens is 1. The van der Waals surface area contributed by atoms with Gasteiger partial charge in [0.1, 0.15) is 5.82 Å². The summed E-state index contributed by atoms with van der Waals surface area (Å²) in [6.45, 7) is 10.9. The molecule has 1 aliphatic heterocycles. The smallest absolute Gasteiger partial charge is 0.127 e. The maximum atomic E-state index is 14.9. The predicted molar refractivity (Wildman–Crippen MR) is 99.8 cm³/mol. The number of hydrogen-bond donors (Lipinski definition) is 1. The monoisotopic (exact) mass is 325 g/mol. The molecule has 24 heavy (non-hydrogen) atoms. The molecule has 0 bridgehead atoms. The average Bonchev–Trinajstić information content (AvgIpc) is 2.44. The van der Waals surface area contributed by atoms with Gasteiger partial charge in [0, 0.05) is 11.1 Å². The van der Waals surface area contributed by atoms with E-state index < -0.39 is 0 Å². The zero-order valence-corrected chi connectivity index (χ0v) is 15.4. The summed E-state index contributed by atoms with van der Waals surface area (Å²) in [6.07, 6.45) is 1.91. The highest BCUT2D eigenvalue weighted by Crippen LogP contribution is 2.40. The van der Waals surface area contributed by atoms with E-state index in [1.165, 1.54) is 5.56 Å². The van der Waals surface area contributed by atoms with Gasteiger partial charge in [0.2, 0.25) is 0 Å². The Morgan fingerprint density at radius 3 is 1.96 bits per heavy atom. The summed E-state index contributed by atoms with van der Waals surface area (Å²) in [7, 11) is 0. The number of rotatable bonds is 2. The lowest BCUT2D eigenvalue weighted by molar-refractivity contribution is 0.160. The van der Waals surface area contributed by atoms with Gasteiger partial charge in [-0.1, -0.05) is 42.0 Å². The highest BCUT2D eigenvalue weighted by atomic mass is 19.1. The number of piperidine rings is 1. The largest absolute Gasteiger partial charge is 0.307 e. The first-order valence-electron chi connectivity index (χ1n) is 8.81. The van der Waals surface area contributed by atoms with Crippen LogP contribution in [0.5, 0.6) is 0 Å². The Morgan fingerprint density at radius 1 is 0.875 bits per heavy atom. The van der Waals surface area contributed by atoms with Gasteiger partial charge < -0.3 is 5.32 Å². The lowest BCUT2D eigenvalue weighted by Gasteiger charge is -2.46. The van der Waals surface area contributed by atoms with E-state index in [0.717, 1.165) is 29.5 Å². The minimum atomic E-state index is -0.0772. The van der Waals surface area contributed by atoms with Crippen molar-refractivity contribution in [2.24, 2.45) is 0 Å². The molecule has 0 radical (unpaired) electrons. The predicted octanol–water partition coefficient (Wildman–Crippen LogP) is 5.83. The summed E-state index contributed by atoms with van der Waals surface area (Å²) in [5, 5.41) is 3.67. The standard InChI is InChI=1S/C22H28FN/c1-15-6-8-16(9-7-15)17-10-11-19(20(23)12-17)18-13-21(2,3)24-22(4,5)14-18/h6-12,18,24H,13-14H2,1-5H3. The molecule has 2 aromatic carbocycles. The highest BCUT2D eigenvalue weighted by molar-refractivity contribution is 5.64. The van der Waals surface area contributed by atoms with E-state index in [4.69, 9.17) is 0 Å². The van der Waals surface area contributed by atoms with Crippen molar-refractivity contribution in [3.05, 3.63) is 59.4 Å². The van der Waals surface area contributed by atoms with Crippen molar-refractivity contribution >= 4 is 0 Å². The van der Waals surface area contributed by atoms with Gasteiger partial charge in [0.25, 0.3) is 0 Å². The van der Waals surface area contributed by atoms with Crippen LogP contribution in [0.1, 0.15) is 57.6 Å². The first kappa shape index (κ1) is 17.2. The lowest BCUT2D eigenvalue weighted by Crippen LogP contribution is -2.57. The average molecular weight is 325 g/mol. The minimum Gasteiger partial charge on any atom is -0.307 e. The van der Waals surface area contributed by atoms with Crippen LogP contribution in [0.4, 0.5) is 4.39 Å². The van der Waals surface area contributed by atoms with Crippen molar-refractivity contribution in [2.75, 3.05) is 0 Å². The molecule has 0 atom stereocenters. The third kappa shape index (κ3) is 3.70. The first-order valence-corrected chi connectivity index (χ1v) is 8.81. The summed E-state index contributed by atoms with van der Waals surface area (Å²) in [5.74, 6) is 0.176. The van der Waals surface area contributed by atoms with E-state index in [9.17, 15) is 4.39 Å². The molecule has 1 fully saturated rings. The molecule has 1 aliphatic rings. The van der Waals surface area contributed by atoms with Crippen molar-refractivity contribution in [3.63, 3.8) is 0 Å². The van der Waals surface area contributed by atoms with E-state index in [0.29, 0.717) is 0 Å². The fraction of sp³-hybridized carbons (Fsp3) is 0.455. The van der Waals surface area contributed by atoms with Crippen molar-refractivity contribution in [2.45, 2.75) is 64.5 Å². The lowest BCUT2D eigenvalue weighted by atomic mass is 9.73. The summed E-state index contributed by atoms with van der Waals surface area (Å²) in [4.78, 5) is 0. The topological polar surface area (TPSA) is 12.0 Å². The second kappa shape index (κ2) is 6.00. The molecular weight excluding hydrogens is 297 g/mol. The summed E-state index contributed by atoms with van der Waals surface area (Å²) in [5.41, 5.74) is 4.13. The second-order valence-corrected chi connectivity index (χ2v) is 8.60. The van der Waals surface area contributed by atoms with Crippen LogP contribution in [0, 0.1) is 12.7 Å². The van der Waals surface area contributed by atoms with Gasteiger partial charge in [-0.05, 0) is 76.1 Å². The van der Waals surface area contributed by atoms with Crippen LogP contribution in [0.2, 0.25) is 0 Å². The van der Waals surface area contributed by atoms with Gasteiger partial charge in [0.15, 0.2) is 0 Å². The molecule has 0 spiro atoms. The Hall–Kier alpha value is -1.67. The number of nitrogens with one attached hydrogen (secondary N) is 1. The molecule has 128 valence electrons. The Labute approximate surface area is 145 Å². The van der Waals surface area contributed by atoms with E-state index in [1.807, 2.05) is 6.07 Å². The summed E-state index contributed by atoms with van der Waals surface area (Å²) < 4.78 is 14.9. The molecular formula is C22H28FN. The van der Waals surface area contributed by atoms with Crippen molar-refractivity contribution in [3.8, 4) is 11.1 Å². The summed E-state index contributed by atoms with van der Waals surface area (Å²) >= 11 is 0. The van der Waals surface area contributed by atoms with E-state index in [1.54, 1.807) is 6.07 Å². The van der Waals surface area contributed by atoms with E-state index >= 15 is 0 Å². The Kier molecular flexibility index (Phi) is 4.29. The molecule has 2 heteroatoms. The summed E-state index contributed by atoms with van der Waals surface area (Å²) in [6, 6.07) is 14.0. The molecule has 0 unspecified atom stereocenters. The quantitative estimate of drug-likeness (QED) is 0.733. The van der Waals surface area contributed by atoms with Crippen molar-refractivity contribution in [1.29, 1.82) is 0 Å². The number of benzene rings is 2. The zero-order chi connectivity index (χ0) is 17.5. The Bertz CT molecular complexity index is 712. The molecule has 0 amide bonds. The molecule has 0 saturated carbocycles. The normalized spacial score (nSPS) is 20.1. The number of hydrogen-bond acceptors (Lipinski definition) is 1. The van der Waals surface area contributed by atoms with Crippen LogP contribution in [0.15, 0.2) is 42.5 Å². The third-order valence-electron chi connectivity index (χ3n) is 5.02. The zero-order valence-electron chi connectivity index (χ0n) is 15.4. The van der Waals surface area contributed by atoms with Crippen LogP contribution in [-0.2, 0) is 0 Å². The van der Waals surface area contributed by atoms with Gasteiger partial charge in [-0.2, -0.15) is 0 Å². The molecule has 1 N–H and O–H groups in total. The van der Waals surface area contributed by atoms with Crippen LogP contribution in [-0.4, -0.2) is 11.1 Å². The molecule has 2 aromatic rings. The van der Waals surface area contributed by atoms with E-state index in [2.05, 4.69) is 70.3 Å². The van der Waals surface area contributed by atoms with Crippen LogP contribution in [0.25, 0.3) is 11.1 Å². The maximum absolute atomic E-state index is 14.9. The van der Waals surface area contributed by atoms with Gasteiger partial charge >= 0.3 is 0 Å². The van der Waals surface area contributed by atoms with Crippen molar-refractivity contribution in [1.82, 2.24) is 5.32 Å². The first-order chi connectivity index (χ1) is 11.2. The molecule has 3 rings (SSSR count). The van der Waals surface area contributed by atoms with Crippen LogP contribution in [0.3, 0.4) is 0 Å². The Balaban J connectivity index is 1.91. The van der Waals surface area contributed by atoms with Crippen LogP contribution >= 0.6 is 0 Å². The third-order valence-corrected chi connectivity index (χ3v) is 5.02. The SMILES string of the molecule is Cc1ccc(-c2ccc(C3CC(C)(C)NC(C)(C)C3)c(F)c2)cc1. The van der Waals surface area contributed by atoms with Crippen molar-refractivity contribution < 1.29 is 4.39 Å². The molecule has 0 aliphatic carbocycles. The highest BCUT2D eigenvalue weighted by Gasteiger charge is 2.38. The molecule has 1 heterocycles. The minimum absolute atomic E-state index is 0.0223. The van der Waals surface area contributed by atoms with Crippen LogP contribution < -0.4 is 5.32 Å². The number of aryl methyl sites for hydroxylation is 1. The van der Waals surface area contributed by atoms with E-state index in [-0.39, 0.29) is 22.8 Å². The molecule has 1 nitrogen and oxygen atoms in total.